The first-order valence-corrected chi connectivity index (χ1v) is 12.2. The third kappa shape index (κ3) is 4.59. The number of hydrogen-bond donors (Lipinski definition) is 1. The van der Waals surface area contributed by atoms with Gasteiger partial charge < -0.3 is 10.1 Å². The van der Waals surface area contributed by atoms with Gasteiger partial charge in [0, 0.05) is 28.9 Å². The fourth-order valence-electron chi connectivity index (χ4n) is 3.33. The molecule has 0 spiro atoms. The number of amides is 1. The molecule has 0 saturated carbocycles. The van der Waals surface area contributed by atoms with Crippen LogP contribution < -0.4 is 5.32 Å². The predicted octanol–water partition coefficient (Wildman–Crippen LogP) is 4.13. The molecule has 31 heavy (non-hydrogen) atoms. The molecular weight excluding hydrogens is 460 g/mol. The molecule has 1 aliphatic rings. The number of anilines is 1. The van der Waals surface area contributed by atoms with Gasteiger partial charge in [-0.05, 0) is 43.2 Å². The van der Waals surface area contributed by atoms with Gasteiger partial charge in [0.15, 0.2) is 6.61 Å². The van der Waals surface area contributed by atoms with Gasteiger partial charge in [-0.25, -0.2) is 13.2 Å². The fourth-order valence-corrected chi connectivity index (χ4v) is 6.25. The molecule has 1 aromatic heterocycles. The number of sulfonamides is 1. The van der Waals surface area contributed by atoms with Crippen LogP contribution in [0.5, 0.6) is 0 Å². The normalized spacial score (nSPS) is 14.6. The second-order valence-electron chi connectivity index (χ2n) is 7.00. The van der Waals surface area contributed by atoms with E-state index in [0.717, 1.165) is 22.9 Å². The maximum absolute atomic E-state index is 12.5. The first-order valence-electron chi connectivity index (χ1n) is 9.60. The van der Waals surface area contributed by atoms with Crippen LogP contribution in [0.1, 0.15) is 22.5 Å². The smallest absolute Gasteiger partial charge is 0.350 e. The lowest BCUT2D eigenvalue weighted by Crippen LogP contribution is -2.27. The molecule has 0 bridgehead atoms. The average molecular weight is 479 g/mol. The van der Waals surface area contributed by atoms with Crippen molar-refractivity contribution in [2.45, 2.75) is 17.7 Å². The number of thiophene rings is 1. The lowest BCUT2D eigenvalue weighted by molar-refractivity contribution is -0.119. The first-order chi connectivity index (χ1) is 14.9. The van der Waals surface area contributed by atoms with Crippen LogP contribution >= 0.6 is 22.9 Å². The lowest BCUT2D eigenvalue weighted by Gasteiger charge is -2.15. The Labute approximate surface area is 188 Å². The Morgan fingerprint density at radius 3 is 2.42 bits per heavy atom. The van der Waals surface area contributed by atoms with E-state index < -0.39 is 28.5 Å². The summed E-state index contributed by atoms with van der Waals surface area (Å²) in [5, 5.41) is 3.65. The van der Waals surface area contributed by atoms with Crippen molar-refractivity contribution in [1.82, 2.24) is 4.31 Å². The molecular formula is C21H19ClN2O5S2. The minimum absolute atomic E-state index is 0.179. The minimum atomic E-state index is -3.51. The zero-order valence-corrected chi connectivity index (χ0v) is 18.7. The highest BCUT2D eigenvalue weighted by Gasteiger charge is 2.27. The second-order valence-corrected chi connectivity index (χ2v) is 10.4. The summed E-state index contributed by atoms with van der Waals surface area (Å²) in [5.41, 5.74) is 0.404. The molecule has 7 nitrogen and oxygen atoms in total. The molecule has 3 aromatic rings. The molecule has 162 valence electrons. The highest BCUT2D eigenvalue weighted by atomic mass is 35.5. The summed E-state index contributed by atoms with van der Waals surface area (Å²) >= 11 is 7.46. The molecule has 0 atom stereocenters. The Morgan fingerprint density at radius 2 is 1.74 bits per heavy atom. The quantitative estimate of drug-likeness (QED) is 0.537. The standard InChI is InChI=1S/C21H19ClN2O5S2/c22-19-16-5-1-2-6-17(16)30-20(19)21(26)29-13-18(25)23-14-7-9-15(10-8-14)31(27,28)24-11-3-4-12-24/h1-2,5-10H,3-4,11-13H2,(H,23,25). The summed E-state index contributed by atoms with van der Waals surface area (Å²) in [6, 6.07) is 13.2. The second kappa shape index (κ2) is 8.96. The number of rotatable bonds is 6. The van der Waals surface area contributed by atoms with E-state index in [2.05, 4.69) is 5.32 Å². The summed E-state index contributed by atoms with van der Waals surface area (Å²) in [6.45, 7) is 0.559. The van der Waals surface area contributed by atoms with Gasteiger partial charge in [-0.2, -0.15) is 4.31 Å². The Balaban J connectivity index is 1.35. The Bertz CT molecular complexity index is 1230. The Hall–Kier alpha value is -2.46. The monoisotopic (exact) mass is 478 g/mol. The largest absolute Gasteiger partial charge is 0.451 e. The number of carbonyl (C=O) groups is 2. The molecule has 2 aromatic carbocycles. The number of nitrogens with zero attached hydrogens (tertiary/aromatic N) is 1. The zero-order chi connectivity index (χ0) is 22.0. The molecule has 1 saturated heterocycles. The summed E-state index contributed by atoms with van der Waals surface area (Å²) < 4.78 is 32.5. The van der Waals surface area contributed by atoms with Crippen LogP contribution in [0.2, 0.25) is 5.02 Å². The van der Waals surface area contributed by atoms with Gasteiger partial charge in [-0.1, -0.05) is 29.8 Å². The number of esters is 1. The van der Waals surface area contributed by atoms with Crippen LogP contribution in [-0.4, -0.2) is 44.3 Å². The van der Waals surface area contributed by atoms with Crippen LogP contribution in [-0.2, 0) is 19.6 Å². The van der Waals surface area contributed by atoms with Crippen LogP contribution in [0.4, 0.5) is 5.69 Å². The van der Waals surface area contributed by atoms with Crippen LogP contribution in [0.3, 0.4) is 0 Å². The molecule has 10 heteroatoms. The van der Waals surface area contributed by atoms with Gasteiger partial charge >= 0.3 is 5.97 Å². The van der Waals surface area contributed by atoms with Gasteiger partial charge in [0.25, 0.3) is 5.91 Å². The Morgan fingerprint density at radius 1 is 1.06 bits per heavy atom. The van der Waals surface area contributed by atoms with E-state index >= 15 is 0 Å². The van der Waals surface area contributed by atoms with E-state index in [9.17, 15) is 18.0 Å². The van der Waals surface area contributed by atoms with E-state index in [1.165, 1.54) is 39.9 Å². The molecule has 1 N–H and O–H groups in total. The lowest BCUT2D eigenvalue weighted by atomic mass is 10.2. The first kappa shape index (κ1) is 21.8. The Kier molecular flexibility index (Phi) is 6.29. The highest BCUT2D eigenvalue weighted by Crippen LogP contribution is 2.35. The zero-order valence-electron chi connectivity index (χ0n) is 16.3. The van der Waals surface area contributed by atoms with E-state index in [4.69, 9.17) is 16.3 Å². The SMILES string of the molecule is O=C(COC(=O)c1sc2ccccc2c1Cl)Nc1ccc(S(=O)(=O)N2CCCC2)cc1. The number of benzene rings is 2. The predicted molar refractivity (Wildman–Crippen MR) is 120 cm³/mol. The number of halogens is 1. The van der Waals surface area contributed by atoms with Crippen molar-refractivity contribution in [2.24, 2.45) is 0 Å². The van der Waals surface area contributed by atoms with Gasteiger partial charge in [-0.3, -0.25) is 4.79 Å². The van der Waals surface area contributed by atoms with Crippen molar-refractivity contribution in [3.63, 3.8) is 0 Å². The number of hydrogen-bond acceptors (Lipinski definition) is 6. The maximum atomic E-state index is 12.5. The molecule has 0 aliphatic carbocycles. The topological polar surface area (TPSA) is 92.8 Å². The highest BCUT2D eigenvalue weighted by molar-refractivity contribution is 7.89. The van der Waals surface area contributed by atoms with E-state index in [1.807, 2.05) is 24.3 Å². The minimum Gasteiger partial charge on any atom is -0.451 e. The van der Waals surface area contributed by atoms with Crippen LogP contribution in [0.15, 0.2) is 53.4 Å². The molecule has 1 amide bonds. The van der Waals surface area contributed by atoms with Gasteiger partial charge in [0.1, 0.15) is 4.88 Å². The molecule has 1 fully saturated rings. The van der Waals surface area contributed by atoms with Gasteiger partial charge in [0.2, 0.25) is 10.0 Å². The van der Waals surface area contributed by atoms with Gasteiger partial charge in [0.05, 0.1) is 9.92 Å². The fraction of sp³-hybridized carbons (Fsp3) is 0.238. The molecule has 0 unspecified atom stereocenters. The molecule has 0 radical (unpaired) electrons. The average Bonchev–Trinajstić information content (AvgIpc) is 3.42. The summed E-state index contributed by atoms with van der Waals surface area (Å²) in [6.07, 6.45) is 1.72. The number of fused-ring (bicyclic) bond motifs is 1. The van der Waals surface area contributed by atoms with E-state index in [1.54, 1.807) is 0 Å². The van der Waals surface area contributed by atoms with Crippen molar-refractivity contribution >= 4 is 60.6 Å². The summed E-state index contributed by atoms with van der Waals surface area (Å²) in [7, 11) is -3.51. The van der Waals surface area contributed by atoms with Crippen molar-refractivity contribution < 1.29 is 22.7 Å². The van der Waals surface area contributed by atoms with E-state index in [0.29, 0.717) is 23.8 Å². The summed E-state index contributed by atoms with van der Waals surface area (Å²) in [4.78, 5) is 24.9. The number of carbonyl (C=O) groups excluding carboxylic acids is 2. The third-order valence-corrected chi connectivity index (χ3v) is 8.46. The number of nitrogens with one attached hydrogen (secondary N) is 1. The van der Waals surface area contributed by atoms with Gasteiger partial charge in [-0.15, -0.1) is 11.3 Å². The van der Waals surface area contributed by atoms with Crippen LogP contribution in [0.25, 0.3) is 10.1 Å². The summed E-state index contributed by atoms with van der Waals surface area (Å²) in [5.74, 6) is -1.21. The number of ether oxygens (including phenoxy) is 1. The van der Waals surface area contributed by atoms with Crippen molar-refractivity contribution in [1.29, 1.82) is 0 Å². The maximum Gasteiger partial charge on any atom is 0.350 e. The third-order valence-electron chi connectivity index (χ3n) is 4.90. The van der Waals surface area contributed by atoms with Crippen LogP contribution in [0, 0.1) is 0 Å². The molecule has 1 aliphatic heterocycles. The molecule has 4 rings (SSSR count). The molecule has 2 heterocycles. The van der Waals surface area contributed by atoms with Crippen molar-refractivity contribution in [3.05, 3.63) is 58.4 Å². The van der Waals surface area contributed by atoms with Crippen molar-refractivity contribution in [3.8, 4) is 0 Å². The van der Waals surface area contributed by atoms with E-state index in [-0.39, 0.29) is 9.77 Å². The van der Waals surface area contributed by atoms with Crippen molar-refractivity contribution in [2.75, 3.05) is 25.0 Å².